The fourth-order valence-corrected chi connectivity index (χ4v) is 2.02. The zero-order valence-electron chi connectivity index (χ0n) is 8.88. The van der Waals surface area contributed by atoms with E-state index in [0.717, 1.165) is 22.2 Å². The smallest absolute Gasteiger partial charge is 0.128 e. The Morgan fingerprint density at radius 3 is 3.00 bits per heavy atom. The third kappa shape index (κ3) is 1.72. The second kappa shape index (κ2) is 4.46. The number of nitrogens with one attached hydrogen (secondary N) is 1. The van der Waals surface area contributed by atoms with Crippen LogP contribution in [-0.4, -0.2) is 12.1 Å². The van der Waals surface area contributed by atoms with Crippen LogP contribution < -0.4 is 4.74 Å². The highest BCUT2D eigenvalue weighted by molar-refractivity contribution is 6.35. The lowest BCUT2D eigenvalue weighted by Crippen LogP contribution is -1.87. The summed E-state index contributed by atoms with van der Waals surface area (Å²) in [5.74, 6) is 0.786. The molecule has 0 aliphatic carbocycles. The number of aromatic nitrogens is 1. The van der Waals surface area contributed by atoms with Crippen molar-refractivity contribution in [1.82, 2.24) is 4.98 Å². The Morgan fingerprint density at radius 2 is 2.31 bits per heavy atom. The Hall–Kier alpha value is -1.66. The number of benzene rings is 1. The van der Waals surface area contributed by atoms with Crippen LogP contribution in [0.15, 0.2) is 18.3 Å². The minimum absolute atomic E-state index is 0.489. The number of aromatic amines is 1. The van der Waals surface area contributed by atoms with Gasteiger partial charge in [-0.1, -0.05) is 11.6 Å². The van der Waals surface area contributed by atoms with Crippen molar-refractivity contribution in [3.63, 3.8) is 0 Å². The molecular weight excluding hydrogens is 224 g/mol. The first-order valence-electron chi connectivity index (χ1n) is 4.97. The van der Waals surface area contributed by atoms with Crippen molar-refractivity contribution in [2.45, 2.75) is 12.8 Å². The van der Waals surface area contributed by atoms with Gasteiger partial charge in [0, 0.05) is 18.0 Å². The fourth-order valence-electron chi connectivity index (χ4n) is 1.81. The zero-order valence-corrected chi connectivity index (χ0v) is 9.64. The molecule has 3 nitrogen and oxygen atoms in total. The van der Waals surface area contributed by atoms with Gasteiger partial charge in [0.25, 0.3) is 0 Å². The summed E-state index contributed by atoms with van der Waals surface area (Å²) >= 11 is 6.08. The maximum Gasteiger partial charge on any atom is 0.128 e. The number of methoxy groups -OCH3 is 1. The van der Waals surface area contributed by atoms with Crippen LogP contribution in [0.5, 0.6) is 5.75 Å². The molecule has 0 amide bonds. The number of aryl methyl sites for hydroxylation is 1. The van der Waals surface area contributed by atoms with Gasteiger partial charge in [-0.2, -0.15) is 5.26 Å². The van der Waals surface area contributed by atoms with E-state index in [2.05, 4.69) is 11.1 Å². The van der Waals surface area contributed by atoms with Gasteiger partial charge in [0.05, 0.1) is 23.7 Å². The average Bonchev–Trinajstić information content (AvgIpc) is 2.72. The minimum Gasteiger partial charge on any atom is -0.496 e. The van der Waals surface area contributed by atoms with Gasteiger partial charge in [-0.25, -0.2) is 0 Å². The van der Waals surface area contributed by atoms with Gasteiger partial charge in [-0.05, 0) is 24.1 Å². The van der Waals surface area contributed by atoms with E-state index in [-0.39, 0.29) is 0 Å². The van der Waals surface area contributed by atoms with Gasteiger partial charge >= 0.3 is 0 Å². The molecule has 0 spiro atoms. The molecule has 1 N–H and O–H groups in total. The molecule has 4 heteroatoms. The molecule has 0 fully saturated rings. The highest BCUT2D eigenvalue weighted by atomic mass is 35.5. The molecule has 0 saturated heterocycles. The first kappa shape index (κ1) is 10.8. The van der Waals surface area contributed by atoms with E-state index < -0.39 is 0 Å². The van der Waals surface area contributed by atoms with Gasteiger partial charge in [-0.3, -0.25) is 0 Å². The normalized spacial score (nSPS) is 10.3. The van der Waals surface area contributed by atoms with Gasteiger partial charge in [0.15, 0.2) is 0 Å². The molecule has 0 bridgehead atoms. The van der Waals surface area contributed by atoms with E-state index in [4.69, 9.17) is 21.6 Å². The highest BCUT2D eigenvalue weighted by Crippen LogP contribution is 2.33. The SMILES string of the molecule is COc1ccc(Cl)c2[nH]cc(CCC#N)c12. The van der Waals surface area contributed by atoms with Crippen molar-refractivity contribution in [2.75, 3.05) is 7.11 Å². The van der Waals surface area contributed by atoms with Crippen LogP contribution in [0.2, 0.25) is 5.02 Å². The number of halogens is 1. The number of rotatable bonds is 3. The van der Waals surface area contributed by atoms with Crippen molar-refractivity contribution in [3.8, 4) is 11.8 Å². The maximum absolute atomic E-state index is 8.60. The van der Waals surface area contributed by atoms with Gasteiger partial charge < -0.3 is 9.72 Å². The number of nitrogens with zero attached hydrogens (tertiary/aromatic N) is 1. The summed E-state index contributed by atoms with van der Waals surface area (Å²) in [5.41, 5.74) is 1.94. The molecule has 0 unspecified atom stereocenters. The summed E-state index contributed by atoms with van der Waals surface area (Å²) in [6.07, 6.45) is 3.08. The predicted octanol–water partition coefficient (Wildman–Crippen LogP) is 3.29. The first-order valence-corrected chi connectivity index (χ1v) is 5.35. The largest absolute Gasteiger partial charge is 0.496 e. The van der Waals surface area contributed by atoms with Gasteiger partial charge in [-0.15, -0.1) is 0 Å². The first-order chi connectivity index (χ1) is 7.77. The number of ether oxygens (including phenoxy) is 1. The van der Waals surface area contributed by atoms with E-state index >= 15 is 0 Å². The quantitative estimate of drug-likeness (QED) is 0.886. The van der Waals surface area contributed by atoms with Crippen molar-refractivity contribution >= 4 is 22.5 Å². The Morgan fingerprint density at radius 1 is 1.50 bits per heavy atom. The minimum atomic E-state index is 0.489. The standard InChI is InChI=1S/C12H11ClN2O/c1-16-10-5-4-9(13)12-11(10)8(7-15-12)3-2-6-14/h4-5,7,15H,2-3H2,1H3. The van der Waals surface area contributed by atoms with Crippen LogP contribution in [0.1, 0.15) is 12.0 Å². The summed E-state index contributed by atoms with van der Waals surface area (Å²) in [7, 11) is 1.63. The zero-order chi connectivity index (χ0) is 11.5. The number of fused-ring (bicyclic) bond motifs is 1. The Labute approximate surface area is 98.6 Å². The Bertz CT molecular complexity index is 554. The molecule has 0 saturated carbocycles. The van der Waals surface area contributed by atoms with Crippen molar-refractivity contribution < 1.29 is 4.74 Å². The molecule has 82 valence electrons. The predicted molar refractivity (Wildman–Crippen MR) is 63.8 cm³/mol. The molecular formula is C12H11ClN2O. The molecule has 0 aliphatic rings. The molecule has 0 radical (unpaired) electrons. The number of hydrogen-bond acceptors (Lipinski definition) is 2. The van der Waals surface area contributed by atoms with Gasteiger partial charge in [0.2, 0.25) is 0 Å². The van der Waals surface area contributed by atoms with Gasteiger partial charge in [0.1, 0.15) is 5.75 Å². The summed E-state index contributed by atoms with van der Waals surface area (Å²) in [6.45, 7) is 0. The molecule has 0 atom stereocenters. The number of nitriles is 1. The van der Waals surface area contributed by atoms with Crippen molar-refractivity contribution in [1.29, 1.82) is 5.26 Å². The average molecular weight is 235 g/mol. The Balaban J connectivity index is 2.59. The monoisotopic (exact) mass is 234 g/mol. The molecule has 16 heavy (non-hydrogen) atoms. The van der Waals surface area contributed by atoms with Crippen LogP contribution in [0.4, 0.5) is 0 Å². The molecule has 2 rings (SSSR count). The molecule has 1 heterocycles. The third-order valence-corrected chi connectivity index (χ3v) is 2.87. The topological polar surface area (TPSA) is 48.8 Å². The lowest BCUT2D eigenvalue weighted by atomic mass is 10.1. The van der Waals surface area contributed by atoms with E-state index in [0.29, 0.717) is 17.9 Å². The number of hydrogen-bond donors (Lipinski definition) is 1. The third-order valence-electron chi connectivity index (χ3n) is 2.55. The summed E-state index contributed by atoms with van der Waals surface area (Å²) in [5, 5.41) is 10.2. The van der Waals surface area contributed by atoms with Crippen LogP contribution in [0.3, 0.4) is 0 Å². The lowest BCUT2D eigenvalue weighted by Gasteiger charge is -2.04. The van der Waals surface area contributed by atoms with Crippen molar-refractivity contribution in [2.24, 2.45) is 0 Å². The molecule has 0 aliphatic heterocycles. The molecule has 1 aromatic heterocycles. The summed E-state index contributed by atoms with van der Waals surface area (Å²) in [4.78, 5) is 3.12. The summed E-state index contributed by atoms with van der Waals surface area (Å²) < 4.78 is 5.30. The van der Waals surface area contributed by atoms with Crippen LogP contribution in [0.25, 0.3) is 10.9 Å². The van der Waals surface area contributed by atoms with E-state index in [1.54, 1.807) is 13.2 Å². The van der Waals surface area contributed by atoms with Crippen LogP contribution in [-0.2, 0) is 6.42 Å². The van der Waals surface area contributed by atoms with Crippen LogP contribution in [0, 0.1) is 11.3 Å². The molecule has 1 aromatic carbocycles. The van der Waals surface area contributed by atoms with E-state index in [1.165, 1.54) is 0 Å². The van der Waals surface area contributed by atoms with Crippen molar-refractivity contribution in [3.05, 3.63) is 28.9 Å². The maximum atomic E-state index is 8.60. The van der Waals surface area contributed by atoms with Crippen LogP contribution >= 0.6 is 11.6 Å². The molecule has 2 aromatic rings. The Kier molecular flexibility index (Phi) is 3.02. The summed E-state index contributed by atoms with van der Waals surface area (Å²) in [6, 6.07) is 5.78. The van der Waals surface area contributed by atoms with E-state index in [9.17, 15) is 0 Å². The second-order valence-corrected chi connectivity index (χ2v) is 3.88. The highest BCUT2D eigenvalue weighted by Gasteiger charge is 2.11. The van der Waals surface area contributed by atoms with E-state index in [1.807, 2.05) is 12.3 Å². The second-order valence-electron chi connectivity index (χ2n) is 3.47. The number of H-pyrrole nitrogens is 1. The lowest BCUT2D eigenvalue weighted by molar-refractivity contribution is 0.419. The fraction of sp³-hybridized carbons (Fsp3) is 0.250.